The highest BCUT2D eigenvalue weighted by Crippen LogP contribution is 2.46. The summed E-state index contributed by atoms with van der Waals surface area (Å²) in [4.78, 5) is 28.0. The van der Waals surface area contributed by atoms with Gasteiger partial charge >= 0.3 is 6.09 Å². The van der Waals surface area contributed by atoms with Crippen molar-refractivity contribution in [2.45, 2.75) is 58.1 Å². The van der Waals surface area contributed by atoms with Crippen LogP contribution in [0.1, 0.15) is 46.5 Å². The number of amides is 2. The minimum atomic E-state index is -0.512. The van der Waals surface area contributed by atoms with E-state index in [9.17, 15) is 9.59 Å². The molecular formula is C16H26N2O3. The highest BCUT2D eigenvalue weighted by Gasteiger charge is 2.45. The summed E-state index contributed by atoms with van der Waals surface area (Å²) in [5, 5.41) is 0. The van der Waals surface area contributed by atoms with Crippen LogP contribution in [0.3, 0.4) is 0 Å². The lowest BCUT2D eigenvalue weighted by Crippen LogP contribution is -2.57. The third-order valence-electron chi connectivity index (χ3n) is 5.01. The summed E-state index contributed by atoms with van der Waals surface area (Å²) in [7, 11) is 0. The number of nitrogens with zero attached hydrogens (tertiary/aromatic N) is 2. The predicted molar refractivity (Wildman–Crippen MR) is 78.8 cm³/mol. The summed E-state index contributed by atoms with van der Waals surface area (Å²) in [5.41, 5.74) is -0.512. The van der Waals surface area contributed by atoms with E-state index in [1.165, 1.54) is 30.6 Å². The third kappa shape index (κ3) is 3.01. The molecule has 0 spiro atoms. The zero-order chi connectivity index (χ0) is 15.2. The number of ether oxygens (including phenoxy) is 1. The molecule has 2 amide bonds. The molecule has 0 aromatic heterocycles. The summed E-state index contributed by atoms with van der Waals surface area (Å²) < 4.78 is 5.35. The minimum Gasteiger partial charge on any atom is -0.444 e. The average molecular weight is 294 g/mol. The average Bonchev–Trinajstić information content (AvgIpc) is 2.98. The Labute approximate surface area is 126 Å². The molecular weight excluding hydrogens is 268 g/mol. The van der Waals surface area contributed by atoms with Crippen LogP contribution >= 0.6 is 0 Å². The van der Waals surface area contributed by atoms with Crippen molar-refractivity contribution in [2.24, 2.45) is 11.8 Å². The molecule has 2 aliphatic carbocycles. The van der Waals surface area contributed by atoms with E-state index in [4.69, 9.17) is 4.74 Å². The fourth-order valence-electron chi connectivity index (χ4n) is 4.11. The van der Waals surface area contributed by atoms with Crippen LogP contribution in [0.5, 0.6) is 0 Å². The van der Waals surface area contributed by atoms with E-state index in [1.54, 1.807) is 0 Å². The van der Waals surface area contributed by atoms with Gasteiger partial charge in [-0.15, -0.1) is 0 Å². The largest absolute Gasteiger partial charge is 0.444 e. The van der Waals surface area contributed by atoms with E-state index < -0.39 is 5.60 Å². The van der Waals surface area contributed by atoms with E-state index >= 15 is 0 Å². The number of carbonyl (C=O) groups is 2. The molecule has 118 valence electrons. The van der Waals surface area contributed by atoms with Crippen molar-refractivity contribution in [1.29, 1.82) is 0 Å². The first-order valence-corrected chi connectivity index (χ1v) is 8.11. The van der Waals surface area contributed by atoms with E-state index in [-0.39, 0.29) is 18.5 Å². The first-order valence-electron chi connectivity index (χ1n) is 8.11. The second-order valence-electron chi connectivity index (χ2n) is 7.73. The molecule has 5 nitrogen and oxygen atoms in total. The minimum absolute atomic E-state index is 0.0876. The summed E-state index contributed by atoms with van der Waals surface area (Å²) in [6.07, 6.45) is 4.71. The Morgan fingerprint density at radius 1 is 1.19 bits per heavy atom. The van der Waals surface area contributed by atoms with Crippen molar-refractivity contribution < 1.29 is 14.3 Å². The molecule has 2 saturated carbocycles. The van der Waals surface area contributed by atoms with Gasteiger partial charge in [-0.05, 0) is 51.9 Å². The molecule has 1 heterocycles. The van der Waals surface area contributed by atoms with Crippen LogP contribution in [0.4, 0.5) is 4.79 Å². The Balaban J connectivity index is 1.57. The standard InChI is InChI=1S/C16H26N2O3/c1-16(2,3)21-15(20)17-6-7-18(14(19)10-17)13-9-11-4-5-12(13)8-11/h11-13H,4-10H2,1-3H3/t11-,12+,13+/m1/s1. The molecule has 1 aliphatic heterocycles. The predicted octanol–water partition coefficient (Wildman–Crippen LogP) is 2.25. The summed E-state index contributed by atoms with van der Waals surface area (Å²) in [6, 6.07) is 0.428. The molecule has 3 atom stereocenters. The normalized spacial score (nSPS) is 32.7. The van der Waals surface area contributed by atoms with Gasteiger partial charge in [-0.3, -0.25) is 9.69 Å². The van der Waals surface area contributed by atoms with Crippen LogP contribution in [0.25, 0.3) is 0 Å². The summed E-state index contributed by atoms with van der Waals surface area (Å²) >= 11 is 0. The number of piperazine rings is 1. The van der Waals surface area contributed by atoms with Gasteiger partial charge in [0.2, 0.25) is 5.91 Å². The van der Waals surface area contributed by atoms with Crippen molar-refractivity contribution in [3.05, 3.63) is 0 Å². The molecule has 0 unspecified atom stereocenters. The molecule has 0 aromatic rings. The van der Waals surface area contributed by atoms with Crippen molar-refractivity contribution in [3.63, 3.8) is 0 Å². The molecule has 3 aliphatic rings. The molecule has 1 saturated heterocycles. The van der Waals surface area contributed by atoms with Gasteiger partial charge in [-0.25, -0.2) is 4.79 Å². The van der Waals surface area contributed by atoms with Gasteiger partial charge in [0.05, 0.1) is 0 Å². The van der Waals surface area contributed by atoms with Crippen LogP contribution in [-0.2, 0) is 9.53 Å². The molecule has 0 N–H and O–H groups in total. The van der Waals surface area contributed by atoms with Gasteiger partial charge < -0.3 is 9.64 Å². The molecule has 3 rings (SSSR count). The van der Waals surface area contributed by atoms with Crippen molar-refractivity contribution >= 4 is 12.0 Å². The van der Waals surface area contributed by atoms with E-state index in [2.05, 4.69) is 0 Å². The second kappa shape index (κ2) is 5.18. The fraction of sp³-hybridized carbons (Fsp3) is 0.875. The lowest BCUT2D eigenvalue weighted by Gasteiger charge is -2.40. The molecule has 3 fully saturated rings. The maximum atomic E-state index is 12.4. The van der Waals surface area contributed by atoms with Gasteiger partial charge in [0, 0.05) is 19.1 Å². The number of rotatable bonds is 1. The van der Waals surface area contributed by atoms with Crippen molar-refractivity contribution in [3.8, 4) is 0 Å². The second-order valence-corrected chi connectivity index (χ2v) is 7.73. The highest BCUT2D eigenvalue weighted by atomic mass is 16.6. The summed E-state index contributed by atoms with van der Waals surface area (Å²) in [5.74, 6) is 1.62. The zero-order valence-electron chi connectivity index (χ0n) is 13.3. The first-order chi connectivity index (χ1) is 9.83. The zero-order valence-corrected chi connectivity index (χ0v) is 13.3. The SMILES string of the molecule is CC(C)(C)OC(=O)N1CCN([C@H]2C[C@@H]3CC[C@H]2C3)C(=O)C1. The fourth-order valence-corrected chi connectivity index (χ4v) is 4.11. The van der Waals surface area contributed by atoms with Crippen LogP contribution in [0.15, 0.2) is 0 Å². The van der Waals surface area contributed by atoms with E-state index in [0.717, 1.165) is 5.92 Å². The van der Waals surface area contributed by atoms with Crippen LogP contribution in [0, 0.1) is 11.8 Å². The summed E-state index contributed by atoms with van der Waals surface area (Å²) in [6.45, 7) is 6.96. The van der Waals surface area contributed by atoms with Crippen LogP contribution in [0.2, 0.25) is 0 Å². The number of fused-ring (bicyclic) bond motifs is 2. The van der Waals surface area contributed by atoms with Crippen molar-refractivity contribution in [1.82, 2.24) is 9.80 Å². The number of hydrogen-bond donors (Lipinski definition) is 0. The Bertz CT molecular complexity index is 443. The number of hydrogen-bond acceptors (Lipinski definition) is 3. The maximum absolute atomic E-state index is 12.4. The molecule has 0 aromatic carbocycles. The maximum Gasteiger partial charge on any atom is 0.410 e. The van der Waals surface area contributed by atoms with Gasteiger partial charge in [-0.1, -0.05) is 6.42 Å². The Morgan fingerprint density at radius 2 is 1.95 bits per heavy atom. The van der Waals surface area contributed by atoms with Crippen LogP contribution in [-0.4, -0.2) is 53.1 Å². The Morgan fingerprint density at radius 3 is 2.48 bits per heavy atom. The lowest BCUT2D eigenvalue weighted by atomic mass is 9.93. The molecule has 5 heteroatoms. The quantitative estimate of drug-likeness (QED) is 0.745. The van der Waals surface area contributed by atoms with Gasteiger partial charge in [0.15, 0.2) is 0 Å². The van der Waals surface area contributed by atoms with Crippen LogP contribution < -0.4 is 0 Å². The smallest absolute Gasteiger partial charge is 0.410 e. The van der Waals surface area contributed by atoms with Gasteiger partial charge in [0.25, 0.3) is 0 Å². The monoisotopic (exact) mass is 294 g/mol. The van der Waals surface area contributed by atoms with Gasteiger partial charge in [0.1, 0.15) is 12.1 Å². The molecule has 0 radical (unpaired) electrons. The van der Waals surface area contributed by atoms with Gasteiger partial charge in [-0.2, -0.15) is 0 Å². The van der Waals surface area contributed by atoms with Crippen molar-refractivity contribution in [2.75, 3.05) is 19.6 Å². The Kier molecular flexibility index (Phi) is 3.62. The van der Waals surface area contributed by atoms with E-state index in [1.807, 2.05) is 25.7 Å². The first kappa shape index (κ1) is 14.7. The topological polar surface area (TPSA) is 49.9 Å². The molecule has 2 bridgehead atoms. The highest BCUT2D eigenvalue weighted by molar-refractivity contribution is 5.84. The third-order valence-corrected chi connectivity index (χ3v) is 5.01. The number of carbonyl (C=O) groups excluding carboxylic acids is 2. The Hall–Kier alpha value is -1.26. The lowest BCUT2D eigenvalue weighted by molar-refractivity contribution is -0.139. The van der Waals surface area contributed by atoms with E-state index in [0.29, 0.717) is 25.0 Å². The molecule has 21 heavy (non-hydrogen) atoms.